The molecular weight excluding hydrogens is 364 g/mol. The molecule has 0 aliphatic carbocycles. The Morgan fingerprint density at radius 2 is 1.64 bits per heavy atom. The third-order valence-corrected chi connectivity index (χ3v) is 3.57. The first-order valence-electron chi connectivity index (χ1n) is 9.06. The number of amides is 2. The minimum absolute atomic E-state index is 0.104. The van der Waals surface area contributed by atoms with E-state index in [0.717, 1.165) is 5.56 Å². The highest BCUT2D eigenvalue weighted by Gasteiger charge is 2.31. The second-order valence-electron chi connectivity index (χ2n) is 7.58. The third-order valence-electron chi connectivity index (χ3n) is 3.57. The van der Waals surface area contributed by atoms with Crippen LogP contribution in [-0.2, 0) is 30.4 Å². The maximum absolute atomic E-state index is 12.7. The number of nitrogens with one attached hydrogen (secondary N) is 2. The summed E-state index contributed by atoms with van der Waals surface area (Å²) in [6.07, 6.45) is -2.03. The molecule has 0 aliphatic heterocycles. The minimum atomic E-state index is -1.31. The van der Waals surface area contributed by atoms with E-state index in [-0.39, 0.29) is 12.5 Å². The molecule has 0 saturated heterocycles. The van der Waals surface area contributed by atoms with Crippen LogP contribution in [0.5, 0.6) is 0 Å². The summed E-state index contributed by atoms with van der Waals surface area (Å²) >= 11 is 0. The Morgan fingerprint density at radius 3 is 2.14 bits per heavy atom. The zero-order chi connectivity index (χ0) is 21.3. The molecule has 2 atom stereocenters. The van der Waals surface area contributed by atoms with E-state index in [9.17, 15) is 14.4 Å². The maximum atomic E-state index is 12.7. The molecule has 0 radical (unpaired) electrons. The number of rotatable bonds is 8. The molecule has 0 heterocycles. The monoisotopic (exact) mass is 394 g/mol. The predicted octanol–water partition coefficient (Wildman–Crippen LogP) is 2.37. The first kappa shape index (κ1) is 23.4. The van der Waals surface area contributed by atoms with Gasteiger partial charge in [-0.25, -0.2) is 9.59 Å². The fourth-order valence-corrected chi connectivity index (χ4v) is 2.22. The molecule has 2 amide bonds. The molecule has 0 fully saturated rings. The standard InChI is InChI=1S/C20H30N2O6/c1-13(2)15(21-19(25)28-20(3,4)5)16(23)22-17(18(24)26-6)27-12-14-10-8-7-9-11-14/h7-11,13,15,17H,12H2,1-6H3,(H,21,25)(H,22,23)/t15-,17?/m0/s1. The van der Waals surface area contributed by atoms with E-state index in [4.69, 9.17) is 14.2 Å². The van der Waals surface area contributed by atoms with Crippen LogP contribution in [0.4, 0.5) is 4.79 Å². The summed E-state index contributed by atoms with van der Waals surface area (Å²) in [6, 6.07) is 8.28. The summed E-state index contributed by atoms with van der Waals surface area (Å²) in [5, 5.41) is 5.01. The number of methoxy groups -OCH3 is 1. The van der Waals surface area contributed by atoms with E-state index in [1.54, 1.807) is 34.6 Å². The average molecular weight is 394 g/mol. The molecule has 28 heavy (non-hydrogen) atoms. The summed E-state index contributed by atoms with van der Waals surface area (Å²) in [5.74, 6) is -1.58. The van der Waals surface area contributed by atoms with E-state index in [0.29, 0.717) is 0 Å². The first-order chi connectivity index (χ1) is 13.0. The van der Waals surface area contributed by atoms with E-state index < -0.39 is 35.8 Å². The van der Waals surface area contributed by atoms with Crippen LogP contribution < -0.4 is 10.6 Å². The molecule has 8 heteroatoms. The molecule has 0 spiro atoms. The van der Waals surface area contributed by atoms with Crippen molar-refractivity contribution in [2.45, 2.75) is 59.1 Å². The van der Waals surface area contributed by atoms with Crippen LogP contribution in [0.25, 0.3) is 0 Å². The van der Waals surface area contributed by atoms with Crippen molar-refractivity contribution in [3.8, 4) is 0 Å². The Balaban J connectivity index is 2.78. The lowest BCUT2D eigenvalue weighted by Gasteiger charge is -2.26. The van der Waals surface area contributed by atoms with Gasteiger partial charge in [0.05, 0.1) is 13.7 Å². The van der Waals surface area contributed by atoms with Crippen molar-refractivity contribution < 1.29 is 28.6 Å². The van der Waals surface area contributed by atoms with Gasteiger partial charge in [-0.05, 0) is 32.3 Å². The Morgan fingerprint density at radius 1 is 1.04 bits per heavy atom. The average Bonchev–Trinajstić information content (AvgIpc) is 2.61. The molecule has 2 N–H and O–H groups in total. The molecule has 8 nitrogen and oxygen atoms in total. The molecule has 0 aliphatic rings. The Labute approximate surface area is 165 Å². The summed E-state index contributed by atoms with van der Waals surface area (Å²) < 4.78 is 15.4. The van der Waals surface area contributed by atoms with Gasteiger partial charge in [-0.1, -0.05) is 44.2 Å². The Kier molecular flexibility index (Phi) is 8.91. The normalized spacial score (nSPS) is 13.4. The fourth-order valence-electron chi connectivity index (χ4n) is 2.22. The second-order valence-corrected chi connectivity index (χ2v) is 7.58. The largest absolute Gasteiger partial charge is 0.466 e. The van der Waals surface area contributed by atoms with Crippen LogP contribution in [0.3, 0.4) is 0 Å². The smallest absolute Gasteiger partial charge is 0.408 e. The number of hydrogen-bond donors (Lipinski definition) is 2. The number of carbonyl (C=O) groups is 3. The highest BCUT2D eigenvalue weighted by atomic mass is 16.6. The minimum Gasteiger partial charge on any atom is -0.466 e. The molecule has 0 saturated carbocycles. The van der Waals surface area contributed by atoms with Crippen molar-refractivity contribution >= 4 is 18.0 Å². The number of hydrogen-bond acceptors (Lipinski definition) is 6. The molecule has 156 valence electrons. The third kappa shape index (κ3) is 8.39. The number of carbonyl (C=O) groups excluding carboxylic acids is 3. The number of esters is 1. The van der Waals surface area contributed by atoms with E-state index >= 15 is 0 Å². The lowest BCUT2D eigenvalue weighted by Crippen LogP contribution is -2.55. The van der Waals surface area contributed by atoms with Gasteiger partial charge in [0, 0.05) is 0 Å². The Hall–Kier alpha value is -2.61. The van der Waals surface area contributed by atoms with Crippen LogP contribution in [-0.4, -0.2) is 43.0 Å². The van der Waals surface area contributed by atoms with Gasteiger partial charge in [0.2, 0.25) is 12.1 Å². The topological polar surface area (TPSA) is 103 Å². The summed E-state index contributed by atoms with van der Waals surface area (Å²) in [5.41, 5.74) is 0.132. The predicted molar refractivity (Wildman–Crippen MR) is 103 cm³/mol. The molecule has 1 aromatic carbocycles. The van der Waals surface area contributed by atoms with Crippen LogP contribution in [0.15, 0.2) is 30.3 Å². The van der Waals surface area contributed by atoms with Gasteiger partial charge < -0.3 is 24.8 Å². The molecule has 1 unspecified atom stereocenters. The maximum Gasteiger partial charge on any atom is 0.408 e. The van der Waals surface area contributed by atoms with Gasteiger partial charge in [0.25, 0.3) is 0 Å². The highest BCUT2D eigenvalue weighted by Crippen LogP contribution is 2.10. The Bertz CT molecular complexity index is 654. The SMILES string of the molecule is COC(=O)C(NC(=O)[C@@H](NC(=O)OC(C)(C)C)C(C)C)OCc1ccccc1. The zero-order valence-electron chi connectivity index (χ0n) is 17.3. The van der Waals surface area contributed by atoms with Gasteiger partial charge in [-0.3, -0.25) is 4.79 Å². The van der Waals surface area contributed by atoms with Crippen LogP contribution >= 0.6 is 0 Å². The molecular formula is C20H30N2O6. The first-order valence-corrected chi connectivity index (χ1v) is 9.06. The van der Waals surface area contributed by atoms with Gasteiger partial charge in [0.1, 0.15) is 11.6 Å². The van der Waals surface area contributed by atoms with E-state index in [2.05, 4.69) is 10.6 Å². The summed E-state index contributed by atoms with van der Waals surface area (Å²) in [6.45, 7) is 8.80. The molecule has 0 aromatic heterocycles. The van der Waals surface area contributed by atoms with Crippen molar-refractivity contribution in [2.75, 3.05) is 7.11 Å². The van der Waals surface area contributed by atoms with Gasteiger partial charge in [-0.2, -0.15) is 0 Å². The summed E-state index contributed by atoms with van der Waals surface area (Å²) in [4.78, 5) is 36.7. The van der Waals surface area contributed by atoms with Crippen molar-refractivity contribution in [3.63, 3.8) is 0 Å². The lowest BCUT2D eigenvalue weighted by atomic mass is 10.0. The van der Waals surface area contributed by atoms with Crippen LogP contribution in [0, 0.1) is 5.92 Å². The molecule has 0 bridgehead atoms. The number of alkyl carbamates (subject to hydrolysis) is 1. The van der Waals surface area contributed by atoms with Crippen LogP contribution in [0.2, 0.25) is 0 Å². The quantitative estimate of drug-likeness (QED) is 0.518. The van der Waals surface area contributed by atoms with Gasteiger partial charge in [0.15, 0.2) is 0 Å². The summed E-state index contributed by atoms with van der Waals surface area (Å²) in [7, 11) is 1.20. The highest BCUT2D eigenvalue weighted by molar-refractivity contribution is 5.89. The van der Waals surface area contributed by atoms with Crippen molar-refractivity contribution in [3.05, 3.63) is 35.9 Å². The lowest BCUT2D eigenvalue weighted by molar-refractivity contribution is -0.160. The van der Waals surface area contributed by atoms with Crippen molar-refractivity contribution in [1.29, 1.82) is 0 Å². The molecule has 1 aromatic rings. The zero-order valence-corrected chi connectivity index (χ0v) is 17.3. The number of ether oxygens (including phenoxy) is 3. The molecule has 1 rings (SSSR count). The van der Waals surface area contributed by atoms with Gasteiger partial charge in [-0.15, -0.1) is 0 Å². The fraction of sp³-hybridized carbons (Fsp3) is 0.550. The van der Waals surface area contributed by atoms with E-state index in [1.807, 2.05) is 30.3 Å². The van der Waals surface area contributed by atoms with Crippen molar-refractivity contribution in [1.82, 2.24) is 10.6 Å². The van der Waals surface area contributed by atoms with E-state index in [1.165, 1.54) is 7.11 Å². The van der Waals surface area contributed by atoms with Crippen molar-refractivity contribution in [2.24, 2.45) is 5.92 Å². The van der Waals surface area contributed by atoms with Crippen LogP contribution in [0.1, 0.15) is 40.2 Å². The number of benzene rings is 1. The second kappa shape index (κ2) is 10.7. The van der Waals surface area contributed by atoms with Gasteiger partial charge >= 0.3 is 12.1 Å².